The first-order chi connectivity index (χ1) is 8.93. The van der Waals surface area contributed by atoms with Crippen LogP contribution in [0, 0.1) is 0 Å². The second-order valence-electron chi connectivity index (χ2n) is 4.79. The number of nitrogens with zero attached hydrogens (tertiary/aromatic N) is 3. The van der Waals surface area contributed by atoms with E-state index in [-0.39, 0.29) is 0 Å². The molecule has 0 radical (unpaired) electrons. The average molecular weight is 245 g/mol. The molecule has 1 aliphatic rings. The Morgan fingerprint density at radius 2 is 1.94 bits per heavy atom. The monoisotopic (exact) mass is 245 g/mol. The molecule has 1 aliphatic heterocycles. The molecule has 0 aliphatic carbocycles. The van der Waals surface area contributed by atoms with E-state index in [1.54, 1.807) is 11.1 Å². The van der Waals surface area contributed by atoms with Crippen molar-refractivity contribution in [3.05, 3.63) is 30.6 Å². The number of aromatic nitrogens is 2. The topological polar surface area (TPSA) is 30.3 Å². The van der Waals surface area contributed by atoms with Gasteiger partial charge in [-0.05, 0) is 38.1 Å². The second-order valence-corrected chi connectivity index (χ2v) is 4.79. The van der Waals surface area contributed by atoms with Crippen LogP contribution >= 0.6 is 0 Å². The second kappa shape index (κ2) is 5.40. The molecule has 0 spiro atoms. The van der Waals surface area contributed by atoms with Gasteiger partial charge >= 0.3 is 0 Å². The zero-order valence-corrected chi connectivity index (χ0v) is 10.6. The first-order valence-corrected chi connectivity index (χ1v) is 6.71. The standard InChI is InChI=1S/C14H19N3O/c1-4-8-16(9-5-1)10-11-18-17-12-15-13-6-2-3-7-14(13)17/h2-3,6-7,12H,1,4-5,8-11H2. The SMILES string of the molecule is c1ccc2c(c1)ncn2OCCN1CCCCC1. The van der Waals surface area contributed by atoms with Crippen LogP contribution < -0.4 is 4.84 Å². The van der Waals surface area contributed by atoms with Crippen molar-refractivity contribution in [3.63, 3.8) is 0 Å². The van der Waals surface area contributed by atoms with Crippen molar-refractivity contribution < 1.29 is 4.84 Å². The van der Waals surface area contributed by atoms with Crippen LogP contribution in [0.15, 0.2) is 30.6 Å². The fraction of sp³-hybridized carbons (Fsp3) is 0.500. The van der Waals surface area contributed by atoms with Gasteiger partial charge in [-0.1, -0.05) is 18.6 Å². The molecule has 1 aromatic heterocycles. The van der Waals surface area contributed by atoms with Crippen molar-refractivity contribution in [1.29, 1.82) is 0 Å². The molecule has 0 atom stereocenters. The van der Waals surface area contributed by atoms with Gasteiger partial charge in [-0.2, -0.15) is 4.73 Å². The van der Waals surface area contributed by atoms with Crippen molar-refractivity contribution in [2.24, 2.45) is 0 Å². The van der Waals surface area contributed by atoms with Gasteiger partial charge in [-0.3, -0.25) is 4.90 Å². The Kier molecular flexibility index (Phi) is 3.46. The largest absolute Gasteiger partial charge is 0.411 e. The molecule has 0 unspecified atom stereocenters. The van der Waals surface area contributed by atoms with E-state index in [1.165, 1.54) is 32.4 Å². The first-order valence-electron chi connectivity index (χ1n) is 6.71. The molecule has 96 valence electrons. The molecule has 0 amide bonds. The summed E-state index contributed by atoms with van der Waals surface area (Å²) >= 11 is 0. The summed E-state index contributed by atoms with van der Waals surface area (Å²) in [6, 6.07) is 8.03. The van der Waals surface area contributed by atoms with Crippen molar-refractivity contribution in [2.75, 3.05) is 26.2 Å². The van der Waals surface area contributed by atoms with Gasteiger partial charge < -0.3 is 4.84 Å². The Bertz CT molecular complexity index is 502. The number of piperidine rings is 1. The van der Waals surface area contributed by atoms with Crippen LogP contribution in [0.25, 0.3) is 11.0 Å². The highest BCUT2D eigenvalue weighted by atomic mass is 16.7. The van der Waals surface area contributed by atoms with Crippen LogP contribution in [0.3, 0.4) is 0 Å². The highest BCUT2D eigenvalue weighted by molar-refractivity contribution is 5.74. The molecule has 1 saturated heterocycles. The molecule has 2 heterocycles. The minimum Gasteiger partial charge on any atom is -0.411 e. The summed E-state index contributed by atoms with van der Waals surface area (Å²) in [5.74, 6) is 0. The van der Waals surface area contributed by atoms with Crippen LogP contribution in [0.2, 0.25) is 0 Å². The minimum absolute atomic E-state index is 0.723. The van der Waals surface area contributed by atoms with Crippen molar-refractivity contribution in [1.82, 2.24) is 14.6 Å². The first kappa shape index (κ1) is 11.5. The minimum atomic E-state index is 0.723. The molecule has 1 aromatic carbocycles. The number of imidazole rings is 1. The van der Waals surface area contributed by atoms with E-state index in [0.29, 0.717) is 0 Å². The predicted octanol–water partition coefficient (Wildman–Crippen LogP) is 1.95. The smallest absolute Gasteiger partial charge is 0.133 e. The maximum Gasteiger partial charge on any atom is 0.133 e. The molecule has 0 saturated carbocycles. The number of hydrogen-bond acceptors (Lipinski definition) is 3. The fourth-order valence-electron chi connectivity index (χ4n) is 2.49. The van der Waals surface area contributed by atoms with E-state index in [1.807, 2.05) is 24.3 Å². The highest BCUT2D eigenvalue weighted by Gasteiger charge is 2.10. The van der Waals surface area contributed by atoms with Gasteiger partial charge in [0.1, 0.15) is 18.5 Å². The molecule has 2 aromatic rings. The van der Waals surface area contributed by atoms with Crippen LogP contribution in [0.1, 0.15) is 19.3 Å². The summed E-state index contributed by atoms with van der Waals surface area (Å²) in [7, 11) is 0. The third kappa shape index (κ3) is 2.48. The Labute approximate surface area is 107 Å². The lowest BCUT2D eigenvalue weighted by atomic mass is 10.1. The van der Waals surface area contributed by atoms with Crippen molar-refractivity contribution in [2.45, 2.75) is 19.3 Å². The average Bonchev–Trinajstić information content (AvgIpc) is 2.84. The molecular formula is C14H19N3O. The molecule has 1 fully saturated rings. The molecule has 0 bridgehead atoms. The normalized spacial score (nSPS) is 17.1. The number of benzene rings is 1. The Balaban J connectivity index is 1.56. The Hall–Kier alpha value is -1.55. The molecule has 3 rings (SSSR count). The lowest BCUT2D eigenvalue weighted by Gasteiger charge is -2.26. The molecule has 4 nitrogen and oxygen atoms in total. The summed E-state index contributed by atoms with van der Waals surface area (Å²) < 4.78 is 1.78. The van der Waals surface area contributed by atoms with Gasteiger partial charge in [0.05, 0.1) is 5.52 Å². The van der Waals surface area contributed by atoms with E-state index >= 15 is 0 Å². The van der Waals surface area contributed by atoms with Gasteiger partial charge in [0, 0.05) is 6.54 Å². The van der Waals surface area contributed by atoms with Gasteiger partial charge in [0.15, 0.2) is 0 Å². The molecule has 18 heavy (non-hydrogen) atoms. The summed E-state index contributed by atoms with van der Waals surface area (Å²) in [4.78, 5) is 12.6. The lowest BCUT2D eigenvalue weighted by molar-refractivity contribution is 0.0867. The summed E-state index contributed by atoms with van der Waals surface area (Å²) in [6.45, 7) is 4.16. The lowest BCUT2D eigenvalue weighted by Crippen LogP contribution is -2.34. The zero-order chi connectivity index (χ0) is 12.2. The predicted molar refractivity (Wildman–Crippen MR) is 71.5 cm³/mol. The number of fused-ring (bicyclic) bond motifs is 1. The van der Waals surface area contributed by atoms with E-state index in [0.717, 1.165) is 24.2 Å². The third-order valence-corrected chi connectivity index (χ3v) is 3.51. The van der Waals surface area contributed by atoms with Gasteiger partial charge in [0.25, 0.3) is 0 Å². The maximum absolute atomic E-state index is 5.77. The highest BCUT2D eigenvalue weighted by Crippen LogP contribution is 2.10. The maximum atomic E-state index is 5.77. The van der Waals surface area contributed by atoms with Gasteiger partial charge in [0.2, 0.25) is 0 Å². The number of para-hydroxylation sites is 2. The van der Waals surface area contributed by atoms with Crippen LogP contribution in [0.5, 0.6) is 0 Å². The third-order valence-electron chi connectivity index (χ3n) is 3.51. The van der Waals surface area contributed by atoms with E-state index in [9.17, 15) is 0 Å². The van der Waals surface area contributed by atoms with Crippen LogP contribution in [0.4, 0.5) is 0 Å². The van der Waals surface area contributed by atoms with Gasteiger partial charge in [-0.25, -0.2) is 4.98 Å². The zero-order valence-electron chi connectivity index (χ0n) is 10.6. The number of likely N-dealkylation sites (tertiary alicyclic amines) is 1. The van der Waals surface area contributed by atoms with Crippen molar-refractivity contribution >= 4 is 11.0 Å². The number of hydrogen-bond donors (Lipinski definition) is 0. The van der Waals surface area contributed by atoms with E-state index in [4.69, 9.17) is 4.84 Å². The fourth-order valence-corrected chi connectivity index (χ4v) is 2.49. The number of rotatable bonds is 4. The van der Waals surface area contributed by atoms with Gasteiger partial charge in [-0.15, -0.1) is 0 Å². The Morgan fingerprint density at radius 3 is 2.83 bits per heavy atom. The van der Waals surface area contributed by atoms with E-state index < -0.39 is 0 Å². The molecule has 4 heteroatoms. The molecular weight excluding hydrogens is 226 g/mol. The quantitative estimate of drug-likeness (QED) is 0.824. The van der Waals surface area contributed by atoms with Crippen molar-refractivity contribution in [3.8, 4) is 0 Å². The Morgan fingerprint density at radius 1 is 1.11 bits per heavy atom. The van der Waals surface area contributed by atoms with E-state index in [2.05, 4.69) is 9.88 Å². The summed E-state index contributed by atoms with van der Waals surface area (Å²) in [6.07, 6.45) is 5.78. The summed E-state index contributed by atoms with van der Waals surface area (Å²) in [5.41, 5.74) is 2.02. The van der Waals surface area contributed by atoms with Crippen LogP contribution in [-0.2, 0) is 0 Å². The van der Waals surface area contributed by atoms with Crippen LogP contribution in [-0.4, -0.2) is 40.9 Å². The summed E-state index contributed by atoms with van der Waals surface area (Å²) in [5, 5.41) is 0. The molecule has 0 N–H and O–H groups in total.